The van der Waals surface area contributed by atoms with Crippen molar-refractivity contribution in [3.05, 3.63) is 76.3 Å². The number of hydrogen-bond donors (Lipinski definition) is 4. The first-order valence-electron chi connectivity index (χ1n) is 22.9. The summed E-state index contributed by atoms with van der Waals surface area (Å²) in [5, 5.41) is 40.4. The molecule has 0 bridgehead atoms. The SMILES string of the molecule is CN(C1CC1)S(=O)(=O)Nc1ccc(F)c(Oc2ccc3ncn([C@H]4COC5(CCN(C(O)CC6(O)CCN(c7cc8c(cc7F)c(N7CCC(=O)NC7=O)nn8C)CC6)CC5)C4)c(=O)c3c2)c1C#N. The topological polar surface area (TPSA) is 241 Å². The van der Waals surface area contributed by atoms with Crippen molar-refractivity contribution >= 4 is 61.1 Å². The van der Waals surface area contributed by atoms with Crippen LogP contribution in [0.1, 0.15) is 69.4 Å². The Kier molecular flexibility index (Phi) is 11.8. The maximum Gasteiger partial charge on any atom is 0.329 e. The van der Waals surface area contributed by atoms with Gasteiger partial charge in [-0.15, -0.1) is 0 Å². The molecule has 4 saturated heterocycles. The predicted octanol–water partition coefficient (Wildman–Crippen LogP) is 3.96. The maximum atomic E-state index is 15.8. The number of aromatic nitrogens is 4. The molecular weight excluding hydrogens is 921 g/mol. The summed E-state index contributed by atoms with van der Waals surface area (Å²) in [6, 6.07) is 10.3. The van der Waals surface area contributed by atoms with E-state index in [4.69, 9.17) is 9.47 Å². The van der Waals surface area contributed by atoms with Crippen molar-refractivity contribution in [1.29, 1.82) is 5.26 Å². The number of nitriles is 1. The van der Waals surface area contributed by atoms with Crippen LogP contribution in [0.4, 0.5) is 30.8 Å². The fourth-order valence-electron chi connectivity index (χ4n) is 10.1. The fourth-order valence-corrected chi connectivity index (χ4v) is 11.3. The molecule has 1 spiro atoms. The van der Waals surface area contributed by atoms with Crippen molar-refractivity contribution in [3.8, 4) is 17.6 Å². The van der Waals surface area contributed by atoms with Crippen LogP contribution in [0.25, 0.3) is 21.8 Å². The second kappa shape index (κ2) is 17.6. The number of anilines is 3. The monoisotopic (exact) mass is 971 g/mol. The third-order valence-corrected chi connectivity index (χ3v) is 15.9. The van der Waals surface area contributed by atoms with E-state index in [0.29, 0.717) is 80.4 Å². The zero-order chi connectivity index (χ0) is 48.6. The number of benzene rings is 3. The minimum atomic E-state index is -4.03. The summed E-state index contributed by atoms with van der Waals surface area (Å²) >= 11 is 0. The first-order chi connectivity index (χ1) is 32.9. The van der Waals surface area contributed by atoms with Crippen LogP contribution in [-0.2, 0) is 26.8 Å². The molecule has 2 atom stereocenters. The van der Waals surface area contributed by atoms with Crippen LogP contribution in [0.15, 0.2) is 53.6 Å². The molecule has 1 unspecified atom stereocenters. The van der Waals surface area contributed by atoms with Crippen molar-refractivity contribution < 1.29 is 46.5 Å². The first kappa shape index (κ1) is 46.4. The van der Waals surface area contributed by atoms with Gasteiger partial charge in [0.05, 0.1) is 58.0 Å². The average Bonchev–Trinajstić information content (AvgIpc) is 4.02. The van der Waals surface area contributed by atoms with E-state index in [1.807, 2.05) is 15.9 Å². The highest BCUT2D eigenvalue weighted by atomic mass is 32.2. The third kappa shape index (κ3) is 8.85. The van der Waals surface area contributed by atoms with Crippen molar-refractivity contribution in [1.82, 2.24) is 33.9 Å². The summed E-state index contributed by atoms with van der Waals surface area (Å²) in [5.74, 6) is -2.01. The number of urea groups is 1. The van der Waals surface area contributed by atoms with Gasteiger partial charge in [-0.1, -0.05) is 0 Å². The number of halogens is 2. The van der Waals surface area contributed by atoms with Crippen molar-refractivity contribution in [2.24, 2.45) is 7.05 Å². The standard InChI is InChI=1S/C46H51F2N11O9S/c1-54-37-21-38(34(48)20-31(37)42(52-54)58-14-9-39(60)51-44(58)63)56-15-10-45(64,11-16-56)23-40(61)57-17-12-46(13-18-57)22-28(25-67-46)59-26-50-35-7-5-29(19-30(35)43(59)62)68-41-32(24-49)36(8-6-33(41)47)53-69(65,66)55(2)27-3-4-27/h5-8,19-21,26-28,40,53,61,64H,3-4,9-18,22-23,25H2,1-2H3,(H,51,60,63)/t28-,40?/m1/s1. The van der Waals surface area contributed by atoms with Gasteiger partial charge in [0, 0.05) is 71.1 Å². The van der Waals surface area contributed by atoms with E-state index >= 15 is 8.78 Å². The summed E-state index contributed by atoms with van der Waals surface area (Å²) in [5.41, 5.74) is -1.37. The highest BCUT2D eigenvalue weighted by molar-refractivity contribution is 7.90. The Morgan fingerprint density at radius 1 is 1.03 bits per heavy atom. The van der Waals surface area contributed by atoms with E-state index < -0.39 is 51.1 Å². The molecular formula is C46H51F2N11O9S. The van der Waals surface area contributed by atoms with Crippen molar-refractivity contribution in [2.45, 2.75) is 87.3 Å². The van der Waals surface area contributed by atoms with Gasteiger partial charge in [0.25, 0.3) is 5.56 Å². The lowest BCUT2D eigenvalue weighted by Crippen LogP contribution is -2.52. The van der Waals surface area contributed by atoms with Gasteiger partial charge in [-0.2, -0.15) is 23.1 Å². The number of aliphatic hydroxyl groups excluding tert-OH is 1. The largest absolute Gasteiger partial charge is 0.453 e. The van der Waals surface area contributed by atoms with Crippen molar-refractivity contribution in [2.75, 3.05) is 60.9 Å². The predicted molar refractivity (Wildman–Crippen MR) is 247 cm³/mol. The van der Waals surface area contributed by atoms with E-state index in [2.05, 4.69) is 20.1 Å². The Labute approximate surface area is 394 Å². The smallest absolute Gasteiger partial charge is 0.329 e. The Morgan fingerprint density at radius 3 is 2.49 bits per heavy atom. The molecule has 4 N–H and O–H groups in total. The van der Waals surface area contributed by atoms with Gasteiger partial charge in [-0.05, 0) is 87.4 Å². The van der Waals surface area contributed by atoms with Gasteiger partial charge in [0.15, 0.2) is 17.4 Å². The molecule has 1 saturated carbocycles. The minimum Gasteiger partial charge on any atom is -0.453 e. The maximum absolute atomic E-state index is 15.8. The molecule has 69 heavy (non-hydrogen) atoms. The van der Waals surface area contributed by atoms with Gasteiger partial charge in [-0.3, -0.25) is 38.7 Å². The van der Waals surface area contributed by atoms with Gasteiger partial charge in [0.1, 0.15) is 29.4 Å². The number of carbonyl (C=O) groups is 2. The van der Waals surface area contributed by atoms with Gasteiger partial charge in [0.2, 0.25) is 5.91 Å². The van der Waals surface area contributed by atoms with Crippen LogP contribution >= 0.6 is 0 Å². The molecule has 5 aromatic rings. The van der Waals surface area contributed by atoms with Gasteiger partial charge in [-0.25, -0.2) is 18.6 Å². The van der Waals surface area contributed by atoms with E-state index in [-0.39, 0.29) is 90.6 Å². The molecule has 20 nitrogen and oxygen atoms in total. The summed E-state index contributed by atoms with van der Waals surface area (Å²) in [7, 11) is -0.905. The first-order valence-corrected chi connectivity index (χ1v) is 24.4. The average molecular weight is 972 g/mol. The summed E-state index contributed by atoms with van der Waals surface area (Å²) < 4.78 is 75.7. The Hall–Kier alpha value is -6.29. The zero-order valence-electron chi connectivity index (χ0n) is 37.9. The lowest BCUT2D eigenvalue weighted by Gasteiger charge is -2.44. The summed E-state index contributed by atoms with van der Waals surface area (Å²) in [4.78, 5) is 47.8. The van der Waals surface area contributed by atoms with E-state index in [1.165, 1.54) is 51.4 Å². The number of nitrogens with zero attached hydrogens (tertiary/aromatic N) is 9. The summed E-state index contributed by atoms with van der Waals surface area (Å²) in [6.45, 7) is 2.00. The van der Waals surface area contributed by atoms with Crippen LogP contribution in [0, 0.1) is 23.0 Å². The minimum absolute atomic E-state index is 0.0311. The number of aliphatic hydroxyl groups is 2. The normalized spacial score (nSPS) is 21.3. The fraction of sp³-hybridized carbons (Fsp3) is 0.478. The van der Waals surface area contributed by atoms with Crippen molar-refractivity contribution in [3.63, 3.8) is 0 Å². The number of rotatable bonds is 12. The molecule has 23 heteroatoms. The molecule has 3 amide bonds. The number of piperidine rings is 2. The highest BCUT2D eigenvalue weighted by Crippen LogP contribution is 2.42. The zero-order valence-corrected chi connectivity index (χ0v) is 38.7. The number of amides is 3. The molecule has 4 aliphatic heterocycles. The van der Waals surface area contributed by atoms with Crippen LogP contribution in [-0.4, -0.2) is 129 Å². The molecule has 1 aliphatic carbocycles. The highest BCUT2D eigenvalue weighted by Gasteiger charge is 2.46. The molecule has 3 aromatic carbocycles. The molecule has 6 heterocycles. The molecule has 2 aromatic heterocycles. The molecule has 364 valence electrons. The quantitative estimate of drug-likeness (QED) is 0.139. The molecule has 5 aliphatic rings. The third-order valence-electron chi connectivity index (χ3n) is 14.4. The van der Waals surface area contributed by atoms with Crippen LogP contribution in [0.5, 0.6) is 11.5 Å². The Balaban J connectivity index is 0.755. The summed E-state index contributed by atoms with van der Waals surface area (Å²) in [6.07, 6.45) is 4.38. The number of imide groups is 1. The van der Waals surface area contributed by atoms with Gasteiger partial charge < -0.3 is 24.6 Å². The van der Waals surface area contributed by atoms with Crippen LogP contribution < -0.4 is 30.1 Å². The van der Waals surface area contributed by atoms with E-state index in [0.717, 1.165) is 12.1 Å². The molecule has 5 fully saturated rings. The number of aryl methyl sites for hydroxylation is 1. The number of nitrogens with one attached hydrogen (secondary N) is 2. The molecule has 10 rings (SSSR count). The van der Waals surface area contributed by atoms with Crippen LogP contribution in [0.2, 0.25) is 0 Å². The number of hydrogen-bond acceptors (Lipinski definition) is 14. The number of fused-ring (bicyclic) bond motifs is 2. The van der Waals surface area contributed by atoms with E-state index in [1.54, 1.807) is 17.8 Å². The second-order valence-electron chi connectivity index (χ2n) is 18.8. The lowest BCUT2D eigenvalue weighted by molar-refractivity contribution is -0.120. The number of likely N-dealkylation sites (tertiary alicyclic amines) is 1. The molecule has 0 radical (unpaired) electrons. The Bertz CT molecular complexity index is 3110. The number of ether oxygens (including phenoxy) is 2. The van der Waals surface area contributed by atoms with Crippen LogP contribution in [0.3, 0.4) is 0 Å². The Morgan fingerprint density at radius 2 is 1.78 bits per heavy atom. The van der Waals surface area contributed by atoms with Gasteiger partial charge >= 0.3 is 16.2 Å². The second-order valence-corrected chi connectivity index (χ2v) is 20.5. The van der Waals surface area contributed by atoms with E-state index in [9.17, 15) is 38.3 Å². The lowest BCUT2D eigenvalue weighted by atomic mass is 9.85. The number of carbonyl (C=O) groups excluding carboxylic acids is 2.